The van der Waals surface area contributed by atoms with Crippen LogP contribution in [-0.2, 0) is 6.42 Å². The number of nitrogens with one attached hydrogen (secondary N) is 1. The summed E-state index contributed by atoms with van der Waals surface area (Å²) in [5, 5.41) is 11.3. The molecule has 0 saturated carbocycles. The van der Waals surface area contributed by atoms with Crippen LogP contribution < -0.4 is 0 Å². The van der Waals surface area contributed by atoms with E-state index in [-0.39, 0.29) is 5.92 Å². The maximum atomic E-state index is 5.14. The zero-order valence-corrected chi connectivity index (χ0v) is 11.3. The molecule has 0 amide bonds. The smallest absolute Gasteiger partial charge is 0.216 e. The molecule has 94 valence electrons. The Labute approximate surface area is 111 Å². The van der Waals surface area contributed by atoms with Crippen LogP contribution in [0.5, 0.6) is 0 Å². The highest BCUT2D eigenvalue weighted by Gasteiger charge is 2.04. The van der Waals surface area contributed by atoms with Crippen LogP contribution in [0.1, 0.15) is 31.2 Å². The highest BCUT2D eigenvalue weighted by atomic mass is 32.1. The number of hydrogen-bond acceptors (Lipinski definition) is 3. The molecule has 0 spiro atoms. The van der Waals surface area contributed by atoms with Gasteiger partial charge in [0.1, 0.15) is 0 Å². The lowest BCUT2D eigenvalue weighted by atomic mass is 10.0. The van der Waals surface area contributed by atoms with E-state index in [2.05, 4.69) is 34.4 Å². The van der Waals surface area contributed by atoms with E-state index in [9.17, 15) is 0 Å². The lowest BCUT2D eigenvalue weighted by molar-refractivity contribution is 0.773. The summed E-state index contributed by atoms with van der Waals surface area (Å²) in [6.45, 7) is 4.13. The third kappa shape index (κ3) is 2.73. The third-order valence-corrected chi connectivity index (χ3v) is 3.03. The maximum absolute atomic E-state index is 5.14. The Balaban J connectivity index is 2.21. The Hall–Kier alpha value is -1.75. The number of rotatable bonds is 4. The van der Waals surface area contributed by atoms with E-state index in [4.69, 9.17) is 12.2 Å². The summed E-state index contributed by atoms with van der Waals surface area (Å²) in [5.74, 6) is 1.09. The van der Waals surface area contributed by atoms with Crippen molar-refractivity contribution in [3.8, 4) is 0 Å². The van der Waals surface area contributed by atoms with E-state index in [0.29, 0.717) is 4.77 Å². The minimum Gasteiger partial charge on any atom is -0.250 e. The Kier molecular flexibility index (Phi) is 4.04. The van der Waals surface area contributed by atoms with Crippen molar-refractivity contribution >= 4 is 18.4 Å². The maximum Gasteiger partial charge on any atom is 0.216 e. The van der Waals surface area contributed by atoms with Crippen LogP contribution in [0.3, 0.4) is 0 Å². The van der Waals surface area contributed by atoms with Gasteiger partial charge in [0.2, 0.25) is 4.77 Å². The number of aromatic amines is 1. The molecular weight excluding hydrogens is 244 g/mol. The third-order valence-electron chi connectivity index (χ3n) is 2.76. The zero-order chi connectivity index (χ0) is 13.0. The Morgan fingerprint density at radius 1 is 1.44 bits per heavy atom. The molecule has 5 heteroatoms. The number of aromatic nitrogens is 3. The van der Waals surface area contributed by atoms with Gasteiger partial charge in [-0.15, -0.1) is 0 Å². The van der Waals surface area contributed by atoms with Crippen molar-refractivity contribution in [3.63, 3.8) is 0 Å². The number of H-pyrrole nitrogens is 1. The van der Waals surface area contributed by atoms with Crippen molar-refractivity contribution in [2.75, 3.05) is 0 Å². The van der Waals surface area contributed by atoms with Crippen molar-refractivity contribution in [1.82, 2.24) is 14.9 Å². The van der Waals surface area contributed by atoms with Crippen LogP contribution in [0.15, 0.2) is 35.4 Å². The van der Waals surface area contributed by atoms with Crippen LogP contribution in [0.4, 0.5) is 0 Å². The first kappa shape index (κ1) is 12.7. The SMILES string of the molecule is CCc1n[nH]c(=S)n1/N=C\[C@H](C)c1ccccc1. The lowest BCUT2D eigenvalue weighted by Crippen LogP contribution is -2.00. The quantitative estimate of drug-likeness (QED) is 0.678. The largest absolute Gasteiger partial charge is 0.250 e. The average Bonchev–Trinajstić information content (AvgIpc) is 2.77. The Morgan fingerprint density at radius 2 is 2.17 bits per heavy atom. The molecule has 0 radical (unpaired) electrons. The number of hydrogen-bond donors (Lipinski definition) is 1. The molecule has 0 saturated heterocycles. The van der Waals surface area contributed by atoms with Gasteiger partial charge < -0.3 is 0 Å². The van der Waals surface area contributed by atoms with Crippen LogP contribution in [0.25, 0.3) is 0 Å². The molecule has 1 aromatic carbocycles. The normalized spacial score (nSPS) is 13.0. The molecule has 1 N–H and O–H groups in total. The van der Waals surface area contributed by atoms with E-state index in [1.165, 1.54) is 5.56 Å². The highest BCUT2D eigenvalue weighted by Crippen LogP contribution is 2.12. The van der Waals surface area contributed by atoms with E-state index in [1.807, 2.05) is 31.3 Å². The van der Waals surface area contributed by atoms with Crippen molar-refractivity contribution in [1.29, 1.82) is 0 Å². The van der Waals surface area contributed by atoms with Crippen molar-refractivity contribution in [2.45, 2.75) is 26.2 Å². The Morgan fingerprint density at radius 3 is 2.83 bits per heavy atom. The van der Waals surface area contributed by atoms with E-state index < -0.39 is 0 Å². The fraction of sp³-hybridized carbons (Fsp3) is 0.308. The van der Waals surface area contributed by atoms with E-state index in [0.717, 1.165) is 12.2 Å². The molecule has 0 unspecified atom stereocenters. The van der Waals surface area contributed by atoms with Crippen molar-refractivity contribution in [3.05, 3.63) is 46.5 Å². The minimum absolute atomic E-state index is 0.243. The standard InChI is InChI=1S/C13H16N4S/c1-3-12-15-16-13(18)17(12)14-9-10(2)11-7-5-4-6-8-11/h4-10H,3H2,1-2H3,(H,16,18)/b14-9-/t10-/m0/s1. The summed E-state index contributed by atoms with van der Waals surface area (Å²) in [5.41, 5.74) is 1.23. The van der Waals surface area contributed by atoms with Gasteiger partial charge >= 0.3 is 0 Å². The molecule has 1 aromatic heterocycles. The molecule has 1 atom stereocenters. The summed E-state index contributed by atoms with van der Waals surface area (Å²) >= 11 is 5.14. The molecule has 18 heavy (non-hydrogen) atoms. The summed E-state index contributed by atoms with van der Waals surface area (Å²) in [7, 11) is 0. The van der Waals surface area contributed by atoms with Gasteiger partial charge in [-0.05, 0) is 17.8 Å². The second-order valence-electron chi connectivity index (χ2n) is 4.07. The number of nitrogens with zero attached hydrogens (tertiary/aromatic N) is 3. The van der Waals surface area contributed by atoms with Gasteiger partial charge in [-0.2, -0.15) is 14.9 Å². The predicted octanol–water partition coefficient (Wildman–Crippen LogP) is 3.14. The van der Waals surface area contributed by atoms with Crippen molar-refractivity contribution < 1.29 is 0 Å². The zero-order valence-electron chi connectivity index (χ0n) is 10.5. The molecule has 0 bridgehead atoms. The molecule has 2 rings (SSSR count). The second kappa shape index (κ2) is 5.73. The average molecular weight is 260 g/mol. The molecule has 0 fully saturated rings. The number of benzene rings is 1. The molecular formula is C13H16N4S. The van der Waals surface area contributed by atoms with Crippen LogP contribution >= 0.6 is 12.2 Å². The summed E-state index contributed by atoms with van der Waals surface area (Å²) in [6.07, 6.45) is 2.68. The molecule has 1 heterocycles. The van der Waals surface area contributed by atoms with Crippen LogP contribution in [0.2, 0.25) is 0 Å². The van der Waals surface area contributed by atoms with Gasteiger partial charge in [0.05, 0.1) is 0 Å². The number of aryl methyl sites for hydroxylation is 1. The first-order chi connectivity index (χ1) is 8.72. The first-order valence-electron chi connectivity index (χ1n) is 5.98. The summed E-state index contributed by atoms with van der Waals surface area (Å²) in [6, 6.07) is 10.2. The highest BCUT2D eigenvalue weighted by molar-refractivity contribution is 7.71. The minimum atomic E-state index is 0.243. The van der Waals surface area contributed by atoms with Gasteiger partial charge in [-0.25, -0.2) is 0 Å². The molecule has 2 aromatic rings. The van der Waals surface area contributed by atoms with E-state index >= 15 is 0 Å². The van der Waals surface area contributed by atoms with Crippen LogP contribution in [-0.4, -0.2) is 21.1 Å². The second-order valence-corrected chi connectivity index (χ2v) is 4.46. The molecule has 0 aliphatic rings. The van der Waals surface area contributed by atoms with Gasteiger partial charge in [-0.1, -0.05) is 44.2 Å². The molecule has 0 aliphatic heterocycles. The predicted molar refractivity (Wildman–Crippen MR) is 75.5 cm³/mol. The van der Waals surface area contributed by atoms with E-state index in [1.54, 1.807) is 4.68 Å². The van der Waals surface area contributed by atoms with Gasteiger partial charge in [0.15, 0.2) is 5.82 Å². The van der Waals surface area contributed by atoms with Crippen molar-refractivity contribution in [2.24, 2.45) is 5.10 Å². The van der Waals surface area contributed by atoms with Crippen LogP contribution in [0, 0.1) is 4.77 Å². The summed E-state index contributed by atoms with van der Waals surface area (Å²) in [4.78, 5) is 0. The Bertz CT molecular complexity index is 583. The van der Waals surface area contributed by atoms with Gasteiger partial charge in [0, 0.05) is 18.6 Å². The van der Waals surface area contributed by atoms with Gasteiger partial charge in [0.25, 0.3) is 0 Å². The summed E-state index contributed by atoms with van der Waals surface area (Å²) < 4.78 is 2.21. The first-order valence-corrected chi connectivity index (χ1v) is 6.39. The monoisotopic (exact) mass is 260 g/mol. The lowest BCUT2D eigenvalue weighted by Gasteiger charge is -2.05. The fourth-order valence-electron chi connectivity index (χ4n) is 1.68. The molecule has 4 nitrogen and oxygen atoms in total. The van der Waals surface area contributed by atoms with Gasteiger partial charge in [-0.3, -0.25) is 5.10 Å². The fourth-order valence-corrected chi connectivity index (χ4v) is 1.88. The topological polar surface area (TPSA) is 46.0 Å². The molecule has 0 aliphatic carbocycles.